The normalized spacial score (nSPS) is 20.2. The van der Waals surface area contributed by atoms with Crippen molar-refractivity contribution < 1.29 is 5.11 Å². The lowest BCUT2D eigenvalue weighted by molar-refractivity contribution is 0.141. The summed E-state index contributed by atoms with van der Waals surface area (Å²) in [4.78, 5) is 15.4. The minimum Gasteiger partial charge on any atom is -0.391 e. The Morgan fingerprint density at radius 3 is 2.74 bits per heavy atom. The molecular weight excluding hydrogens is 338 g/mol. The highest BCUT2D eigenvalue weighted by molar-refractivity contribution is 5.81. The van der Waals surface area contributed by atoms with Gasteiger partial charge in [0.25, 0.3) is 0 Å². The molecule has 0 unspecified atom stereocenters. The predicted molar refractivity (Wildman–Crippen MR) is 106 cm³/mol. The van der Waals surface area contributed by atoms with Crippen LogP contribution in [0, 0.1) is 5.92 Å². The Morgan fingerprint density at radius 1 is 1.11 bits per heavy atom. The van der Waals surface area contributed by atoms with Gasteiger partial charge < -0.3 is 10.4 Å². The van der Waals surface area contributed by atoms with Crippen LogP contribution in [-0.4, -0.2) is 50.7 Å². The van der Waals surface area contributed by atoms with Crippen LogP contribution < -0.4 is 5.32 Å². The summed E-state index contributed by atoms with van der Waals surface area (Å²) in [5.74, 6) is 0.878. The van der Waals surface area contributed by atoms with E-state index in [4.69, 9.17) is 0 Å². The minimum absolute atomic E-state index is 0.220. The molecule has 6 nitrogen and oxygen atoms in total. The molecule has 1 aromatic carbocycles. The van der Waals surface area contributed by atoms with Crippen molar-refractivity contribution in [1.82, 2.24) is 19.9 Å². The van der Waals surface area contributed by atoms with Crippen LogP contribution in [0.2, 0.25) is 0 Å². The van der Waals surface area contributed by atoms with E-state index in [2.05, 4.69) is 37.3 Å². The lowest BCUT2D eigenvalue weighted by atomic mass is 9.94. The first kappa shape index (κ1) is 17.8. The molecule has 6 heteroatoms. The van der Waals surface area contributed by atoms with Gasteiger partial charge in [0.05, 0.1) is 11.6 Å². The first-order chi connectivity index (χ1) is 13.2. The van der Waals surface area contributed by atoms with Crippen LogP contribution in [0.4, 0.5) is 5.95 Å². The van der Waals surface area contributed by atoms with Gasteiger partial charge in [0.15, 0.2) is 0 Å². The molecule has 0 saturated carbocycles. The average Bonchev–Trinajstić information content (AvgIpc) is 3.03. The highest BCUT2D eigenvalue weighted by atomic mass is 16.3. The molecule has 3 aromatic rings. The van der Waals surface area contributed by atoms with E-state index in [9.17, 15) is 5.11 Å². The van der Waals surface area contributed by atoms with Crippen LogP contribution in [0.3, 0.4) is 0 Å². The van der Waals surface area contributed by atoms with Crippen molar-refractivity contribution >= 4 is 16.9 Å². The summed E-state index contributed by atoms with van der Waals surface area (Å²) in [5.41, 5.74) is 3.33. The second-order valence-corrected chi connectivity index (χ2v) is 7.16. The number of pyridine rings is 1. The van der Waals surface area contributed by atoms with Gasteiger partial charge in [0, 0.05) is 61.6 Å². The first-order valence-corrected chi connectivity index (χ1v) is 9.50. The van der Waals surface area contributed by atoms with E-state index < -0.39 is 0 Å². The van der Waals surface area contributed by atoms with Gasteiger partial charge in [-0.2, -0.15) is 0 Å². The van der Waals surface area contributed by atoms with Crippen molar-refractivity contribution in [1.29, 1.82) is 0 Å². The number of aliphatic hydroxyl groups excluding tert-OH is 1. The number of rotatable bonds is 6. The van der Waals surface area contributed by atoms with Crippen LogP contribution in [0.15, 0.2) is 48.9 Å². The molecule has 2 atom stereocenters. The Morgan fingerprint density at radius 2 is 1.93 bits per heavy atom. The molecule has 1 aliphatic heterocycles. The number of likely N-dealkylation sites (tertiary alicyclic amines) is 1. The Balaban J connectivity index is 1.42. The average molecular weight is 363 g/mol. The summed E-state index contributed by atoms with van der Waals surface area (Å²) in [6, 6.07) is 10.3. The van der Waals surface area contributed by atoms with Gasteiger partial charge in [-0.25, -0.2) is 9.97 Å². The van der Waals surface area contributed by atoms with E-state index in [1.807, 2.05) is 43.7 Å². The number of fused-ring (bicyclic) bond motifs is 1. The van der Waals surface area contributed by atoms with E-state index in [1.54, 1.807) is 0 Å². The smallest absolute Gasteiger partial charge is 0.222 e. The van der Waals surface area contributed by atoms with Crippen molar-refractivity contribution in [2.75, 3.05) is 25.0 Å². The molecule has 0 aliphatic carbocycles. The second-order valence-electron chi connectivity index (χ2n) is 7.16. The zero-order valence-electron chi connectivity index (χ0n) is 15.5. The molecule has 2 N–H and O–H groups in total. The fourth-order valence-electron chi connectivity index (χ4n) is 3.83. The SMILES string of the molecule is CCNc1ncc(CN2C[C@@H](Cc3ccnc4ccccc34)[C@H](O)C2)cn1. The van der Waals surface area contributed by atoms with Gasteiger partial charge in [-0.15, -0.1) is 0 Å². The maximum absolute atomic E-state index is 10.6. The van der Waals surface area contributed by atoms with Crippen LogP contribution in [0.5, 0.6) is 0 Å². The van der Waals surface area contributed by atoms with Gasteiger partial charge in [-0.1, -0.05) is 18.2 Å². The number of anilines is 1. The third kappa shape index (κ3) is 4.07. The molecular formula is C21H25N5O. The lowest BCUT2D eigenvalue weighted by Gasteiger charge is -2.16. The van der Waals surface area contributed by atoms with Crippen molar-refractivity contribution in [2.45, 2.75) is 26.0 Å². The van der Waals surface area contributed by atoms with Crippen molar-refractivity contribution in [2.24, 2.45) is 5.92 Å². The third-order valence-corrected chi connectivity index (χ3v) is 5.15. The van der Waals surface area contributed by atoms with Crippen LogP contribution in [0.1, 0.15) is 18.1 Å². The van der Waals surface area contributed by atoms with E-state index in [-0.39, 0.29) is 12.0 Å². The molecule has 0 spiro atoms. The quantitative estimate of drug-likeness (QED) is 0.701. The molecule has 0 amide bonds. The Hall–Kier alpha value is -2.57. The largest absolute Gasteiger partial charge is 0.391 e. The highest BCUT2D eigenvalue weighted by Gasteiger charge is 2.31. The van der Waals surface area contributed by atoms with E-state index >= 15 is 0 Å². The molecule has 1 aliphatic rings. The molecule has 0 bridgehead atoms. The number of aromatic nitrogens is 3. The standard InChI is InChI=1S/C21H25N5O/c1-2-22-21-24-10-15(11-25-21)12-26-13-17(20(27)14-26)9-16-7-8-23-19-6-4-3-5-18(16)19/h3-8,10-11,17,20,27H,2,9,12-14H2,1H3,(H,22,24,25)/t17-,20-/m1/s1. The van der Waals surface area contributed by atoms with Crippen molar-refractivity contribution in [3.63, 3.8) is 0 Å². The zero-order chi connectivity index (χ0) is 18.6. The topological polar surface area (TPSA) is 74.2 Å². The second kappa shape index (κ2) is 7.98. The monoisotopic (exact) mass is 363 g/mol. The Bertz CT molecular complexity index is 893. The number of aliphatic hydroxyl groups is 1. The number of hydrogen-bond donors (Lipinski definition) is 2. The highest BCUT2D eigenvalue weighted by Crippen LogP contribution is 2.26. The molecule has 3 heterocycles. The van der Waals surface area contributed by atoms with Gasteiger partial charge >= 0.3 is 0 Å². The summed E-state index contributed by atoms with van der Waals surface area (Å²) in [7, 11) is 0. The van der Waals surface area contributed by atoms with Gasteiger partial charge in [0.1, 0.15) is 0 Å². The third-order valence-electron chi connectivity index (χ3n) is 5.15. The number of nitrogens with zero attached hydrogens (tertiary/aromatic N) is 4. The Labute approximate surface area is 159 Å². The Kier molecular flexibility index (Phi) is 5.27. The van der Waals surface area contributed by atoms with E-state index in [1.165, 1.54) is 10.9 Å². The number of nitrogens with one attached hydrogen (secondary N) is 1. The fraction of sp³-hybridized carbons (Fsp3) is 0.381. The van der Waals surface area contributed by atoms with Crippen LogP contribution in [-0.2, 0) is 13.0 Å². The van der Waals surface area contributed by atoms with Gasteiger partial charge in [-0.05, 0) is 31.0 Å². The summed E-state index contributed by atoms with van der Waals surface area (Å²) in [6.07, 6.45) is 6.12. The summed E-state index contributed by atoms with van der Waals surface area (Å²) in [5, 5.41) is 14.9. The lowest BCUT2D eigenvalue weighted by Crippen LogP contribution is -2.21. The number of β-amino-alcohol motifs (C(OH)–C–C–N with tert-alkyl or cyclic N) is 1. The minimum atomic E-state index is -0.320. The number of hydrogen-bond acceptors (Lipinski definition) is 6. The van der Waals surface area contributed by atoms with Gasteiger partial charge in [-0.3, -0.25) is 9.88 Å². The summed E-state index contributed by atoms with van der Waals surface area (Å²) < 4.78 is 0. The maximum atomic E-state index is 10.6. The summed E-state index contributed by atoms with van der Waals surface area (Å²) in [6.45, 7) is 5.14. The van der Waals surface area contributed by atoms with Crippen LogP contribution >= 0.6 is 0 Å². The van der Waals surface area contributed by atoms with E-state index in [0.29, 0.717) is 12.5 Å². The van der Waals surface area contributed by atoms with E-state index in [0.717, 1.165) is 37.1 Å². The molecule has 0 radical (unpaired) electrons. The molecule has 2 aromatic heterocycles. The first-order valence-electron chi connectivity index (χ1n) is 9.50. The fourth-order valence-corrected chi connectivity index (χ4v) is 3.83. The number of benzene rings is 1. The molecule has 140 valence electrons. The van der Waals surface area contributed by atoms with Crippen molar-refractivity contribution in [3.05, 3.63) is 60.0 Å². The van der Waals surface area contributed by atoms with Gasteiger partial charge in [0.2, 0.25) is 5.95 Å². The molecule has 4 rings (SSSR count). The molecule has 1 saturated heterocycles. The summed E-state index contributed by atoms with van der Waals surface area (Å²) >= 11 is 0. The molecule has 1 fully saturated rings. The number of para-hydroxylation sites is 1. The van der Waals surface area contributed by atoms with Crippen LogP contribution in [0.25, 0.3) is 10.9 Å². The molecule has 27 heavy (non-hydrogen) atoms. The zero-order valence-corrected chi connectivity index (χ0v) is 15.5. The maximum Gasteiger partial charge on any atom is 0.222 e. The predicted octanol–water partition coefficient (Wildman–Crippen LogP) is 2.49. The van der Waals surface area contributed by atoms with Crippen molar-refractivity contribution in [3.8, 4) is 0 Å².